The van der Waals surface area contributed by atoms with Crippen molar-refractivity contribution in [3.05, 3.63) is 41.4 Å². The van der Waals surface area contributed by atoms with E-state index in [1.807, 2.05) is 0 Å². The minimum Gasteiger partial charge on any atom is -0.326 e. The molecule has 1 aliphatic rings. The fraction of sp³-hybridized carbons (Fsp3) is 0.250. The van der Waals surface area contributed by atoms with E-state index in [2.05, 4.69) is 15.3 Å². The molecule has 2 aromatic rings. The second-order valence-electron chi connectivity index (χ2n) is 5.54. The van der Waals surface area contributed by atoms with Crippen LogP contribution >= 0.6 is 23.1 Å². The van der Waals surface area contributed by atoms with Gasteiger partial charge in [0.1, 0.15) is 5.25 Å². The van der Waals surface area contributed by atoms with Crippen LogP contribution in [0.3, 0.4) is 0 Å². The van der Waals surface area contributed by atoms with Gasteiger partial charge in [-0.2, -0.15) is 18.2 Å². The fourth-order valence-corrected chi connectivity index (χ4v) is 4.00. The summed E-state index contributed by atoms with van der Waals surface area (Å²) in [6, 6.07) is 4.34. The Morgan fingerprint density at radius 3 is 2.85 bits per heavy atom. The maximum Gasteiger partial charge on any atom is 0.416 e. The first-order chi connectivity index (χ1) is 12.7. The van der Waals surface area contributed by atoms with E-state index >= 15 is 0 Å². The second kappa shape index (κ2) is 7.69. The summed E-state index contributed by atoms with van der Waals surface area (Å²) in [6.45, 7) is 0. The number of amidine groups is 1. The molecule has 2 amide bonds. The number of hydrogen-bond donors (Lipinski definition) is 1. The molecule has 0 radical (unpaired) electrons. The molecule has 1 unspecified atom stereocenters. The van der Waals surface area contributed by atoms with Gasteiger partial charge in [-0.05, 0) is 18.2 Å². The van der Waals surface area contributed by atoms with Crippen LogP contribution in [0.25, 0.3) is 0 Å². The van der Waals surface area contributed by atoms with Crippen LogP contribution in [0.4, 0.5) is 24.0 Å². The Hall–Kier alpha value is -2.40. The van der Waals surface area contributed by atoms with Gasteiger partial charge in [0.2, 0.25) is 16.9 Å². The summed E-state index contributed by atoms with van der Waals surface area (Å²) in [4.78, 5) is 34.1. The Balaban J connectivity index is 1.65. The Morgan fingerprint density at radius 2 is 2.19 bits per heavy atom. The van der Waals surface area contributed by atoms with Crippen molar-refractivity contribution in [2.45, 2.75) is 17.8 Å². The SMILES string of the molecule is CN1C(=O)C(CC(=O)Nc2cccc(C(F)(F)F)c2)SC1=Nc1nccs1. The Labute approximate surface area is 160 Å². The molecule has 1 aromatic carbocycles. The average Bonchev–Trinajstić information content (AvgIpc) is 3.19. The third-order valence-corrected chi connectivity index (χ3v) is 5.49. The van der Waals surface area contributed by atoms with Gasteiger partial charge in [-0.25, -0.2) is 4.98 Å². The van der Waals surface area contributed by atoms with E-state index in [0.29, 0.717) is 10.3 Å². The Morgan fingerprint density at radius 1 is 1.41 bits per heavy atom. The molecule has 1 aromatic heterocycles. The summed E-state index contributed by atoms with van der Waals surface area (Å²) in [5.74, 6) is -0.849. The fourth-order valence-electron chi connectivity index (χ4n) is 2.30. The number of benzene rings is 1. The number of amides is 2. The topological polar surface area (TPSA) is 74.7 Å². The Kier molecular flexibility index (Phi) is 5.51. The number of carbonyl (C=O) groups is 2. The van der Waals surface area contributed by atoms with Gasteiger partial charge in [0, 0.05) is 30.7 Å². The molecular weight excluding hydrogens is 401 g/mol. The van der Waals surface area contributed by atoms with Crippen LogP contribution in [-0.2, 0) is 15.8 Å². The number of thioether (sulfide) groups is 1. The van der Waals surface area contributed by atoms with E-state index in [9.17, 15) is 22.8 Å². The van der Waals surface area contributed by atoms with Gasteiger partial charge >= 0.3 is 6.18 Å². The van der Waals surface area contributed by atoms with E-state index in [1.165, 1.54) is 28.4 Å². The van der Waals surface area contributed by atoms with Crippen molar-refractivity contribution in [3.63, 3.8) is 0 Å². The normalized spacial score (nSPS) is 19.0. The number of alkyl halides is 3. The number of rotatable bonds is 4. The summed E-state index contributed by atoms with van der Waals surface area (Å²) in [5, 5.41) is 4.37. The molecule has 2 heterocycles. The number of anilines is 1. The van der Waals surface area contributed by atoms with Crippen LogP contribution in [0.15, 0.2) is 40.8 Å². The highest BCUT2D eigenvalue weighted by molar-refractivity contribution is 8.15. The predicted molar refractivity (Wildman–Crippen MR) is 98.0 cm³/mol. The van der Waals surface area contributed by atoms with Gasteiger partial charge < -0.3 is 5.32 Å². The third kappa shape index (κ3) is 4.66. The van der Waals surface area contributed by atoms with E-state index in [1.54, 1.807) is 18.6 Å². The number of halogens is 3. The first-order valence-corrected chi connectivity index (χ1v) is 9.39. The summed E-state index contributed by atoms with van der Waals surface area (Å²) >= 11 is 2.44. The lowest BCUT2D eigenvalue weighted by molar-refractivity contribution is -0.137. The molecule has 142 valence electrons. The summed E-state index contributed by atoms with van der Waals surface area (Å²) in [5.41, 5.74) is -0.834. The highest BCUT2D eigenvalue weighted by Gasteiger charge is 2.37. The average molecular weight is 414 g/mol. The maximum atomic E-state index is 12.7. The first-order valence-electron chi connectivity index (χ1n) is 7.63. The zero-order valence-corrected chi connectivity index (χ0v) is 15.5. The highest BCUT2D eigenvalue weighted by atomic mass is 32.2. The predicted octanol–water partition coefficient (Wildman–Crippen LogP) is 3.75. The van der Waals surface area contributed by atoms with Crippen molar-refractivity contribution in [3.8, 4) is 0 Å². The molecule has 1 atom stereocenters. The molecular formula is C16H13F3N4O2S2. The van der Waals surface area contributed by atoms with E-state index < -0.39 is 22.9 Å². The van der Waals surface area contributed by atoms with Crippen LogP contribution in [0.5, 0.6) is 0 Å². The van der Waals surface area contributed by atoms with Crippen LogP contribution in [0.1, 0.15) is 12.0 Å². The zero-order chi connectivity index (χ0) is 19.6. The lowest BCUT2D eigenvalue weighted by Crippen LogP contribution is -2.30. The van der Waals surface area contributed by atoms with Gasteiger partial charge in [0.25, 0.3) is 0 Å². The molecule has 27 heavy (non-hydrogen) atoms. The number of nitrogens with zero attached hydrogens (tertiary/aromatic N) is 3. The van der Waals surface area contributed by atoms with Crippen LogP contribution < -0.4 is 5.32 Å². The molecule has 0 bridgehead atoms. The molecule has 3 rings (SSSR count). The van der Waals surface area contributed by atoms with E-state index in [-0.39, 0.29) is 18.0 Å². The third-order valence-electron chi connectivity index (χ3n) is 3.60. The number of aromatic nitrogens is 1. The molecule has 0 spiro atoms. The molecule has 6 nitrogen and oxygen atoms in total. The smallest absolute Gasteiger partial charge is 0.326 e. The summed E-state index contributed by atoms with van der Waals surface area (Å²) in [6.07, 6.45) is -3.09. The number of aliphatic imine (C=N–C) groups is 1. The minimum atomic E-state index is -4.50. The lowest BCUT2D eigenvalue weighted by atomic mass is 10.2. The quantitative estimate of drug-likeness (QED) is 0.827. The van der Waals surface area contributed by atoms with Crippen molar-refractivity contribution >= 4 is 50.9 Å². The largest absolute Gasteiger partial charge is 0.416 e. The van der Waals surface area contributed by atoms with Gasteiger partial charge in [-0.15, -0.1) is 11.3 Å². The second-order valence-corrected chi connectivity index (χ2v) is 7.59. The monoisotopic (exact) mass is 414 g/mol. The van der Waals surface area contributed by atoms with Crippen LogP contribution in [0, 0.1) is 0 Å². The number of nitrogens with one attached hydrogen (secondary N) is 1. The van der Waals surface area contributed by atoms with Gasteiger partial charge in [0.15, 0.2) is 5.17 Å². The molecule has 1 aliphatic heterocycles. The van der Waals surface area contributed by atoms with E-state index in [4.69, 9.17) is 0 Å². The molecule has 11 heteroatoms. The standard InChI is InChI=1S/C16H13F3N4O2S2/c1-23-13(25)11(27-15(23)22-14-20-5-6-26-14)8-12(24)21-10-4-2-3-9(7-10)16(17,18)19/h2-7,11H,8H2,1H3,(H,21,24). The zero-order valence-electron chi connectivity index (χ0n) is 13.9. The summed E-state index contributed by atoms with van der Waals surface area (Å²) < 4.78 is 38.2. The molecule has 1 N–H and O–H groups in total. The molecule has 0 saturated carbocycles. The van der Waals surface area contributed by atoms with Gasteiger partial charge in [-0.3, -0.25) is 14.5 Å². The van der Waals surface area contributed by atoms with Gasteiger partial charge in [-0.1, -0.05) is 17.8 Å². The van der Waals surface area contributed by atoms with E-state index in [0.717, 1.165) is 23.9 Å². The van der Waals surface area contributed by atoms with Gasteiger partial charge in [0.05, 0.1) is 5.56 Å². The van der Waals surface area contributed by atoms with Crippen molar-refractivity contribution in [1.82, 2.24) is 9.88 Å². The molecule has 1 saturated heterocycles. The van der Waals surface area contributed by atoms with Crippen LogP contribution in [-0.4, -0.2) is 39.2 Å². The molecule has 0 aliphatic carbocycles. The van der Waals surface area contributed by atoms with Crippen molar-refractivity contribution in [1.29, 1.82) is 0 Å². The van der Waals surface area contributed by atoms with Crippen molar-refractivity contribution < 1.29 is 22.8 Å². The number of carbonyl (C=O) groups excluding carboxylic acids is 2. The van der Waals surface area contributed by atoms with Crippen molar-refractivity contribution in [2.24, 2.45) is 4.99 Å². The van der Waals surface area contributed by atoms with Crippen molar-refractivity contribution in [2.75, 3.05) is 12.4 Å². The minimum absolute atomic E-state index is 0.0234. The number of hydrogen-bond acceptors (Lipinski definition) is 6. The first kappa shape index (κ1) is 19.4. The lowest BCUT2D eigenvalue weighted by Gasteiger charge is -2.11. The maximum absolute atomic E-state index is 12.7. The van der Waals surface area contributed by atoms with Crippen LogP contribution in [0.2, 0.25) is 0 Å². The molecule has 1 fully saturated rings. The highest BCUT2D eigenvalue weighted by Crippen LogP contribution is 2.32. The number of thiazole rings is 1. The summed E-state index contributed by atoms with van der Waals surface area (Å²) in [7, 11) is 1.55. The Bertz CT molecular complexity index is 884.